The summed E-state index contributed by atoms with van der Waals surface area (Å²) in [5, 5.41) is 7.40. The van der Waals surface area contributed by atoms with Gasteiger partial charge in [0.2, 0.25) is 5.88 Å². The van der Waals surface area contributed by atoms with E-state index in [4.69, 9.17) is 9.26 Å². The molecule has 10 heteroatoms. The maximum absolute atomic E-state index is 12.9. The van der Waals surface area contributed by atoms with Crippen LogP contribution < -0.4 is 9.62 Å². The molecule has 1 N–H and O–H groups in total. The van der Waals surface area contributed by atoms with E-state index in [-0.39, 0.29) is 10.8 Å². The first-order valence-corrected chi connectivity index (χ1v) is 10.2. The molecule has 0 radical (unpaired) electrons. The Morgan fingerprint density at radius 1 is 1.24 bits per heavy atom. The van der Waals surface area contributed by atoms with Crippen LogP contribution in [-0.2, 0) is 24.3 Å². The smallest absolute Gasteiger partial charge is 0.327 e. The molecular formula is C19H17N3O6S. The van der Waals surface area contributed by atoms with E-state index >= 15 is 0 Å². The van der Waals surface area contributed by atoms with Gasteiger partial charge in [0.25, 0.3) is 15.9 Å². The molecule has 29 heavy (non-hydrogen) atoms. The fraction of sp³-hybridized carbons (Fsp3) is 0.211. The van der Waals surface area contributed by atoms with E-state index in [0.717, 1.165) is 9.69 Å². The number of aromatic nitrogens is 1. The number of anilines is 2. The Morgan fingerprint density at radius 3 is 2.66 bits per heavy atom. The highest BCUT2D eigenvalue weighted by Gasteiger charge is 2.37. The SMILES string of the molecule is Cc1cc(NC(=O)C(C)OC(=O)CN2c3cccc4cccc(c34)S2(=O)=O)on1. The van der Waals surface area contributed by atoms with Crippen molar-refractivity contribution in [3.05, 3.63) is 48.2 Å². The number of ether oxygens (including phenoxy) is 1. The van der Waals surface area contributed by atoms with Gasteiger partial charge in [-0.15, -0.1) is 0 Å². The molecule has 1 aliphatic rings. The third kappa shape index (κ3) is 3.31. The second-order valence-electron chi connectivity index (χ2n) is 6.60. The van der Waals surface area contributed by atoms with Gasteiger partial charge in [-0.2, -0.15) is 0 Å². The molecule has 1 unspecified atom stereocenters. The first kappa shape index (κ1) is 18.9. The van der Waals surface area contributed by atoms with Crippen molar-refractivity contribution in [3.8, 4) is 0 Å². The molecule has 1 aliphatic heterocycles. The summed E-state index contributed by atoms with van der Waals surface area (Å²) in [4.78, 5) is 24.7. The summed E-state index contributed by atoms with van der Waals surface area (Å²) < 4.78 is 36.8. The predicted octanol–water partition coefficient (Wildman–Crippen LogP) is 2.22. The molecule has 0 spiro atoms. The summed E-state index contributed by atoms with van der Waals surface area (Å²) in [6, 6.07) is 11.6. The van der Waals surface area contributed by atoms with Crippen LogP contribution in [0.15, 0.2) is 51.9 Å². The zero-order valence-corrected chi connectivity index (χ0v) is 16.4. The third-order valence-corrected chi connectivity index (χ3v) is 6.31. The van der Waals surface area contributed by atoms with E-state index in [1.807, 2.05) is 0 Å². The maximum atomic E-state index is 12.9. The Hall–Kier alpha value is -3.40. The minimum absolute atomic E-state index is 0.125. The van der Waals surface area contributed by atoms with Gasteiger partial charge in [-0.3, -0.25) is 19.2 Å². The summed E-state index contributed by atoms with van der Waals surface area (Å²) in [5.41, 5.74) is 0.988. The van der Waals surface area contributed by atoms with Crippen molar-refractivity contribution in [3.63, 3.8) is 0 Å². The summed E-state index contributed by atoms with van der Waals surface area (Å²) in [6.45, 7) is 2.53. The van der Waals surface area contributed by atoms with Crippen LogP contribution in [0.5, 0.6) is 0 Å². The number of amides is 1. The van der Waals surface area contributed by atoms with Crippen LogP contribution in [0.25, 0.3) is 10.8 Å². The van der Waals surface area contributed by atoms with Crippen molar-refractivity contribution in [1.82, 2.24) is 5.16 Å². The van der Waals surface area contributed by atoms with Crippen LogP contribution in [0.2, 0.25) is 0 Å². The minimum atomic E-state index is -3.89. The number of nitrogens with zero attached hydrogens (tertiary/aromatic N) is 2. The lowest BCUT2D eigenvalue weighted by atomic mass is 10.1. The number of rotatable bonds is 5. The maximum Gasteiger partial charge on any atom is 0.327 e. The molecule has 3 aromatic rings. The summed E-state index contributed by atoms with van der Waals surface area (Å²) >= 11 is 0. The summed E-state index contributed by atoms with van der Waals surface area (Å²) in [7, 11) is -3.89. The number of aryl methyl sites for hydroxylation is 1. The molecule has 2 heterocycles. The molecule has 2 aromatic carbocycles. The molecule has 9 nitrogen and oxygen atoms in total. The Bertz CT molecular complexity index is 1230. The Balaban J connectivity index is 1.49. The number of benzene rings is 2. The fourth-order valence-corrected chi connectivity index (χ4v) is 4.83. The lowest BCUT2D eigenvalue weighted by molar-refractivity contribution is -0.151. The first-order valence-electron chi connectivity index (χ1n) is 8.75. The van der Waals surface area contributed by atoms with Crippen molar-refractivity contribution in [2.75, 3.05) is 16.2 Å². The second kappa shape index (κ2) is 6.89. The Labute approximate surface area is 166 Å². The third-order valence-electron chi connectivity index (χ3n) is 4.51. The molecule has 0 aliphatic carbocycles. The normalized spacial score (nSPS) is 15.3. The van der Waals surface area contributed by atoms with Crippen LogP contribution in [-0.4, -0.2) is 38.1 Å². The lowest BCUT2D eigenvalue weighted by Crippen LogP contribution is -2.37. The molecule has 0 saturated heterocycles. The molecule has 0 fully saturated rings. The van der Waals surface area contributed by atoms with E-state index in [2.05, 4.69) is 10.5 Å². The molecular weight excluding hydrogens is 398 g/mol. The quantitative estimate of drug-likeness (QED) is 0.635. The minimum Gasteiger partial charge on any atom is -0.451 e. The van der Waals surface area contributed by atoms with Gasteiger partial charge >= 0.3 is 5.97 Å². The zero-order chi connectivity index (χ0) is 20.8. The van der Waals surface area contributed by atoms with E-state index in [1.54, 1.807) is 37.3 Å². The Morgan fingerprint density at radius 2 is 1.97 bits per heavy atom. The van der Waals surface area contributed by atoms with Gasteiger partial charge in [-0.05, 0) is 31.4 Å². The number of carbonyl (C=O) groups excluding carboxylic acids is 2. The van der Waals surface area contributed by atoms with Crippen LogP contribution >= 0.6 is 0 Å². The molecule has 4 rings (SSSR count). The molecule has 1 atom stereocenters. The molecule has 0 saturated carbocycles. The number of esters is 1. The van der Waals surface area contributed by atoms with Gasteiger partial charge in [-0.25, -0.2) is 8.42 Å². The van der Waals surface area contributed by atoms with Gasteiger partial charge in [-0.1, -0.05) is 29.4 Å². The first-order chi connectivity index (χ1) is 13.8. The van der Waals surface area contributed by atoms with Crippen molar-refractivity contribution in [2.45, 2.75) is 24.8 Å². The van der Waals surface area contributed by atoms with Crippen molar-refractivity contribution in [1.29, 1.82) is 0 Å². The molecule has 0 bridgehead atoms. The number of nitrogens with one attached hydrogen (secondary N) is 1. The topological polar surface area (TPSA) is 119 Å². The largest absolute Gasteiger partial charge is 0.451 e. The summed E-state index contributed by atoms with van der Waals surface area (Å²) in [5.74, 6) is -1.35. The van der Waals surface area contributed by atoms with Crippen LogP contribution in [0.1, 0.15) is 12.6 Å². The second-order valence-corrected chi connectivity index (χ2v) is 8.43. The van der Waals surface area contributed by atoms with Crippen LogP contribution in [0.4, 0.5) is 11.6 Å². The number of hydrogen-bond donors (Lipinski definition) is 1. The standard InChI is InChI=1S/C19H17N3O6S/c1-11-9-16(28-21-11)20-19(24)12(2)27-17(23)10-22-14-7-3-5-13-6-4-8-15(18(13)14)29(22,25)26/h3-9,12H,10H2,1-2H3,(H,20,24). The van der Waals surface area contributed by atoms with Crippen molar-refractivity contribution < 1.29 is 27.3 Å². The molecule has 1 aromatic heterocycles. The van der Waals surface area contributed by atoms with E-state index in [9.17, 15) is 18.0 Å². The van der Waals surface area contributed by atoms with E-state index in [1.165, 1.54) is 19.1 Å². The predicted molar refractivity (Wildman–Crippen MR) is 104 cm³/mol. The van der Waals surface area contributed by atoms with Crippen molar-refractivity contribution >= 4 is 44.2 Å². The lowest BCUT2D eigenvalue weighted by Gasteiger charge is -2.19. The zero-order valence-electron chi connectivity index (χ0n) is 15.6. The monoisotopic (exact) mass is 415 g/mol. The summed E-state index contributed by atoms with van der Waals surface area (Å²) in [6.07, 6.45) is -1.16. The highest BCUT2D eigenvalue weighted by Crippen LogP contribution is 2.41. The average Bonchev–Trinajstić information content (AvgIpc) is 3.17. The van der Waals surface area contributed by atoms with E-state index < -0.39 is 34.5 Å². The average molecular weight is 415 g/mol. The van der Waals surface area contributed by atoms with Gasteiger partial charge in [0, 0.05) is 11.5 Å². The van der Waals surface area contributed by atoms with Crippen LogP contribution in [0, 0.1) is 6.92 Å². The highest BCUT2D eigenvalue weighted by atomic mass is 32.2. The van der Waals surface area contributed by atoms with Gasteiger partial charge < -0.3 is 9.26 Å². The molecule has 1 amide bonds. The van der Waals surface area contributed by atoms with E-state index in [0.29, 0.717) is 16.8 Å². The van der Waals surface area contributed by atoms with Crippen LogP contribution in [0.3, 0.4) is 0 Å². The van der Waals surface area contributed by atoms with Crippen molar-refractivity contribution in [2.24, 2.45) is 0 Å². The van der Waals surface area contributed by atoms with Gasteiger partial charge in [0.05, 0.1) is 16.3 Å². The van der Waals surface area contributed by atoms with Gasteiger partial charge in [0.1, 0.15) is 6.54 Å². The molecule has 150 valence electrons. The fourth-order valence-electron chi connectivity index (χ4n) is 3.18. The Kier molecular flexibility index (Phi) is 4.50. The number of carbonyl (C=O) groups is 2. The number of hydrogen-bond acceptors (Lipinski definition) is 7. The number of sulfonamides is 1. The highest BCUT2D eigenvalue weighted by molar-refractivity contribution is 7.93. The van der Waals surface area contributed by atoms with Gasteiger partial charge in [0.15, 0.2) is 6.10 Å².